The zero-order valence-electron chi connectivity index (χ0n) is 21.1. The van der Waals surface area contributed by atoms with Crippen LogP contribution in [0.5, 0.6) is 0 Å². The first-order valence-electron chi connectivity index (χ1n) is 12.9. The van der Waals surface area contributed by atoms with Gasteiger partial charge >= 0.3 is 0 Å². The molecule has 1 aromatic heterocycles. The van der Waals surface area contributed by atoms with Crippen LogP contribution < -0.4 is 5.32 Å². The number of hydrogen-bond acceptors (Lipinski definition) is 6. The predicted molar refractivity (Wildman–Crippen MR) is 139 cm³/mol. The molecule has 0 spiro atoms. The van der Waals surface area contributed by atoms with E-state index in [0.29, 0.717) is 69.9 Å². The third-order valence-corrected chi connectivity index (χ3v) is 7.14. The molecule has 2 saturated heterocycles. The van der Waals surface area contributed by atoms with Crippen molar-refractivity contribution < 1.29 is 14.3 Å². The summed E-state index contributed by atoms with van der Waals surface area (Å²) in [4.78, 5) is 31.1. The Labute approximate surface area is 218 Å². The summed E-state index contributed by atoms with van der Waals surface area (Å²) in [6.07, 6.45) is 2.75. The van der Waals surface area contributed by atoms with Gasteiger partial charge in [0.2, 0.25) is 5.91 Å². The van der Waals surface area contributed by atoms with E-state index in [0.717, 1.165) is 24.2 Å². The number of amides is 2. The number of piperidine rings is 1. The SMILES string of the molecule is CC(C)CN(C(=O)c1nnn(-c2ccccc2)c1C1CC1)[C@@H]1CNC[C@H](C(=O)N2CCOCC2)C1.Cl. The molecule has 1 N–H and O–H groups in total. The van der Waals surface area contributed by atoms with Crippen LogP contribution in [-0.2, 0) is 9.53 Å². The van der Waals surface area contributed by atoms with Crippen molar-refractivity contribution in [2.75, 3.05) is 45.9 Å². The predicted octanol–water partition coefficient (Wildman–Crippen LogP) is 2.50. The molecule has 2 atom stereocenters. The van der Waals surface area contributed by atoms with E-state index in [9.17, 15) is 9.59 Å². The van der Waals surface area contributed by atoms with E-state index >= 15 is 0 Å². The second kappa shape index (κ2) is 11.7. The van der Waals surface area contributed by atoms with Gasteiger partial charge in [-0.3, -0.25) is 9.59 Å². The van der Waals surface area contributed by atoms with E-state index in [1.165, 1.54) is 0 Å². The smallest absolute Gasteiger partial charge is 0.276 e. The Balaban J connectivity index is 0.00000304. The van der Waals surface area contributed by atoms with Gasteiger partial charge in [-0.05, 0) is 37.3 Å². The number of ether oxygens (including phenoxy) is 1. The molecule has 5 rings (SSSR count). The molecule has 0 radical (unpaired) electrons. The highest BCUT2D eigenvalue weighted by Gasteiger charge is 2.39. The first-order chi connectivity index (χ1) is 17.0. The number of hydrogen-bond donors (Lipinski definition) is 1. The lowest BCUT2D eigenvalue weighted by Crippen LogP contribution is -2.56. The molecule has 9 nitrogen and oxygen atoms in total. The van der Waals surface area contributed by atoms with Crippen LogP contribution in [0.25, 0.3) is 5.69 Å². The van der Waals surface area contributed by atoms with E-state index in [2.05, 4.69) is 29.5 Å². The molecule has 10 heteroatoms. The average molecular weight is 517 g/mol. The normalized spacial score (nSPS) is 22.2. The summed E-state index contributed by atoms with van der Waals surface area (Å²) in [5.74, 6) is 0.551. The molecule has 0 unspecified atom stereocenters. The van der Waals surface area contributed by atoms with Crippen LogP contribution in [0.2, 0.25) is 0 Å². The number of nitrogens with zero attached hydrogens (tertiary/aromatic N) is 5. The summed E-state index contributed by atoms with van der Waals surface area (Å²) < 4.78 is 7.25. The Morgan fingerprint density at radius 2 is 1.86 bits per heavy atom. The number of halogens is 1. The molecule has 1 saturated carbocycles. The Kier molecular flexibility index (Phi) is 8.64. The monoisotopic (exact) mass is 516 g/mol. The lowest BCUT2D eigenvalue weighted by atomic mass is 9.92. The highest BCUT2D eigenvalue weighted by atomic mass is 35.5. The lowest BCUT2D eigenvalue weighted by Gasteiger charge is -2.40. The maximum Gasteiger partial charge on any atom is 0.276 e. The van der Waals surface area contributed by atoms with Gasteiger partial charge in [0.1, 0.15) is 0 Å². The molecule has 1 aromatic carbocycles. The van der Waals surface area contributed by atoms with Crippen molar-refractivity contribution in [2.45, 2.75) is 45.1 Å². The molecule has 196 valence electrons. The zero-order valence-corrected chi connectivity index (χ0v) is 22.0. The fourth-order valence-corrected chi connectivity index (χ4v) is 5.24. The third kappa shape index (κ3) is 5.74. The van der Waals surface area contributed by atoms with Crippen LogP contribution in [0.1, 0.15) is 55.2 Å². The van der Waals surface area contributed by atoms with Crippen molar-refractivity contribution in [2.24, 2.45) is 11.8 Å². The summed E-state index contributed by atoms with van der Waals surface area (Å²) in [6.45, 7) is 8.65. The second-order valence-electron chi connectivity index (χ2n) is 10.4. The number of carbonyl (C=O) groups excluding carboxylic acids is 2. The maximum absolute atomic E-state index is 14.0. The molecular formula is C26H37ClN6O3. The van der Waals surface area contributed by atoms with Gasteiger partial charge in [0.05, 0.1) is 30.5 Å². The van der Waals surface area contributed by atoms with Gasteiger partial charge in [-0.15, -0.1) is 17.5 Å². The number of carbonyl (C=O) groups is 2. The highest BCUT2D eigenvalue weighted by Crippen LogP contribution is 2.42. The Morgan fingerprint density at radius 1 is 1.14 bits per heavy atom. The summed E-state index contributed by atoms with van der Waals surface area (Å²) in [7, 11) is 0. The standard InChI is InChI=1S/C26H36N6O3.ClH/c1-18(2)17-31(22-14-20(15-27-16-22)25(33)30-10-12-35-13-11-30)26(34)23-24(19-8-9-19)32(29-28-23)21-6-4-3-5-7-21;/h3-7,18-20,22,27H,8-17H2,1-2H3;1H/t20-,22+;/m1./s1. The van der Waals surface area contributed by atoms with E-state index in [1.54, 1.807) is 0 Å². The Hall–Kier alpha value is -2.49. The lowest BCUT2D eigenvalue weighted by molar-refractivity contribution is -0.140. The minimum absolute atomic E-state index is 0. The van der Waals surface area contributed by atoms with Gasteiger partial charge in [0.15, 0.2) is 5.69 Å². The van der Waals surface area contributed by atoms with Gasteiger partial charge < -0.3 is 19.9 Å². The van der Waals surface area contributed by atoms with Gasteiger partial charge in [0.25, 0.3) is 5.91 Å². The van der Waals surface area contributed by atoms with Crippen LogP contribution >= 0.6 is 12.4 Å². The van der Waals surface area contributed by atoms with Crippen LogP contribution in [0.4, 0.5) is 0 Å². The number of benzene rings is 1. The molecule has 36 heavy (non-hydrogen) atoms. The summed E-state index contributed by atoms with van der Waals surface area (Å²) >= 11 is 0. The number of nitrogens with one attached hydrogen (secondary N) is 1. The molecular weight excluding hydrogens is 480 g/mol. The van der Waals surface area contributed by atoms with Gasteiger partial charge in [-0.1, -0.05) is 37.3 Å². The first kappa shape index (κ1) is 26.6. The van der Waals surface area contributed by atoms with Crippen molar-refractivity contribution in [1.82, 2.24) is 30.1 Å². The average Bonchev–Trinajstić information content (AvgIpc) is 3.64. The van der Waals surface area contributed by atoms with Crippen molar-refractivity contribution >= 4 is 24.2 Å². The highest BCUT2D eigenvalue weighted by molar-refractivity contribution is 5.94. The van der Waals surface area contributed by atoms with E-state index in [4.69, 9.17) is 4.74 Å². The quantitative estimate of drug-likeness (QED) is 0.608. The fraction of sp³-hybridized carbons (Fsp3) is 0.615. The number of morpholine rings is 1. The van der Waals surface area contributed by atoms with Crippen molar-refractivity contribution in [3.05, 3.63) is 41.7 Å². The van der Waals surface area contributed by atoms with E-state index < -0.39 is 0 Å². The number of aromatic nitrogens is 3. The topological polar surface area (TPSA) is 92.6 Å². The van der Waals surface area contributed by atoms with Crippen LogP contribution in [-0.4, -0.2) is 88.6 Å². The largest absolute Gasteiger partial charge is 0.378 e. The Morgan fingerprint density at radius 3 is 2.53 bits per heavy atom. The minimum atomic E-state index is -0.141. The summed E-state index contributed by atoms with van der Waals surface area (Å²) in [6, 6.07) is 9.83. The van der Waals surface area contributed by atoms with Gasteiger partial charge in [-0.2, -0.15) is 0 Å². The van der Waals surface area contributed by atoms with Crippen molar-refractivity contribution in [1.29, 1.82) is 0 Å². The summed E-state index contributed by atoms with van der Waals surface area (Å²) in [5.41, 5.74) is 2.30. The number of rotatable bonds is 7. The van der Waals surface area contributed by atoms with Crippen molar-refractivity contribution in [3.8, 4) is 5.69 Å². The molecule has 2 amide bonds. The molecule has 0 bridgehead atoms. The van der Waals surface area contributed by atoms with E-state index in [1.807, 2.05) is 44.8 Å². The van der Waals surface area contributed by atoms with Gasteiger partial charge in [0, 0.05) is 44.7 Å². The maximum atomic E-state index is 14.0. The Bertz CT molecular complexity index is 1040. The second-order valence-corrected chi connectivity index (χ2v) is 10.4. The zero-order chi connectivity index (χ0) is 24.4. The molecule has 3 fully saturated rings. The molecule has 2 aliphatic heterocycles. The first-order valence-corrected chi connectivity index (χ1v) is 12.9. The molecule has 1 aliphatic carbocycles. The fourth-order valence-electron chi connectivity index (χ4n) is 5.24. The van der Waals surface area contributed by atoms with Crippen LogP contribution in [0.15, 0.2) is 30.3 Å². The van der Waals surface area contributed by atoms with Gasteiger partial charge in [-0.25, -0.2) is 4.68 Å². The van der Waals surface area contributed by atoms with Crippen molar-refractivity contribution in [3.63, 3.8) is 0 Å². The minimum Gasteiger partial charge on any atom is -0.378 e. The number of para-hydroxylation sites is 1. The molecule has 2 aromatic rings. The molecule has 3 heterocycles. The molecule has 3 aliphatic rings. The van der Waals surface area contributed by atoms with Crippen LogP contribution in [0.3, 0.4) is 0 Å². The van der Waals surface area contributed by atoms with E-state index in [-0.39, 0.29) is 36.2 Å². The third-order valence-electron chi connectivity index (χ3n) is 7.14. The summed E-state index contributed by atoms with van der Waals surface area (Å²) in [5, 5.41) is 12.3. The van der Waals surface area contributed by atoms with Crippen LogP contribution in [0, 0.1) is 11.8 Å².